The summed E-state index contributed by atoms with van der Waals surface area (Å²) >= 11 is 5.96. The van der Waals surface area contributed by atoms with Crippen LogP contribution in [0, 0.1) is 6.92 Å². The van der Waals surface area contributed by atoms with Gasteiger partial charge in [0.1, 0.15) is 6.54 Å². The highest BCUT2D eigenvalue weighted by Crippen LogP contribution is 2.26. The third kappa shape index (κ3) is 4.94. The number of sulfonamides is 1. The molecule has 0 unspecified atom stereocenters. The highest BCUT2D eigenvalue weighted by molar-refractivity contribution is 7.92. The average molecular weight is 368 g/mol. The number of halogens is 1. The predicted octanol–water partition coefficient (Wildman–Crippen LogP) is 2.13. The molecule has 128 valence electrons. The van der Waals surface area contributed by atoms with Crippen LogP contribution in [0.4, 0.5) is 5.69 Å². The normalized spacial score (nSPS) is 11.1. The number of amides is 1. The van der Waals surface area contributed by atoms with E-state index in [0.717, 1.165) is 10.6 Å². The fourth-order valence-corrected chi connectivity index (χ4v) is 3.18. The van der Waals surface area contributed by atoms with E-state index >= 15 is 0 Å². The first-order valence-corrected chi connectivity index (χ1v) is 9.40. The third-order valence-electron chi connectivity index (χ3n) is 3.32. The van der Waals surface area contributed by atoms with Gasteiger partial charge < -0.3 is 5.32 Å². The first-order valence-electron chi connectivity index (χ1n) is 7.18. The second-order valence-electron chi connectivity index (χ2n) is 5.30. The number of aryl methyl sites for hydroxylation is 1. The first kappa shape index (κ1) is 18.2. The maximum Gasteiger partial charge on any atom is 0.241 e. The molecule has 1 aromatic carbocycles. The van der Waals surface area contributed by atoms with Crippen molar-refractivity contribution in [1.82, 2.24) is 10.3 Å². The van der Waals surface area contributed by atoms with E-state index in [-0.39, 0.29) is 13.1 Å². The lowest BCUT2D eigenvalue weighted by atomic mass is 10.2. The number of pyridine rings is 1. The lowest BCUT2D eigenvalue weighted by Crippen LogP contribution is -2.40. The Kier molecular flexibility index (Phi) is 5.80. The number of benzene rings is 1. The van der Waals surface area contributed by atoms with Crippen molar-refractivity contribution >= 4 is 33.2 Å². The van der Waals surface area contributed by atoms with Gasteiger partial charge in [0, 0.05) is 11.2 Å². The highest BCUT2D eigenvalue weighted by atomic mass is 35.5. The van der Waals surface area contributed by atoms with E-state index in [0.29, 0.717) is 22.0 Å². The molecule has 0 saturated carbocycles. The van der Waals surface area contributed by atoms with Crippen LogP contribution in [0.15, 0.2) is 42.6 Å². The Morgan fingerprint density at radius 2 is 2.04 bits per heavy atom. The zero-order valence-corrected chi connectivity index (χ0v) is 14.9. The molecule has 0 bridgehead atoms. The van der Waals surface area contributed by atoms with E-state index in [1.807, 2.05) is 6.07 Å². The minimum absolute atomic E-state index is 0.228. The lowest BCUT2D eigenvalue weighted by molar-refractivity contribution is -0.119. The van der Waals surface area contributed by atoms with Crippen LogP contribution in [0.1, 0.15) is 11.3 Å². The minimum atomic E-state index is -3.64. The standard InChI is InChI=1S/C16H18ClN3O3S/c1-12-6-7-13(17)9-15(12)20(24(2,22)23)11-16(21)19-10-14-5-3-4-8-18-14/h3-9H,10-11H2,1-2H3,(H,19,21). The van der Waals surface area contributed by atoms with Gasteiger partial charge >= 0.3 is 0 Å². The summed E-state index contributed by atoms with van der Waals surface area (Å²) in [5, 5.41) is 3.07. The van der Waals surface area contributed by atoms with Crippen molar-refractivity contribution in [3.05, 3.63) is 58.9 Å². The van der Waals surface area contributed by atoms with Gasteiger partial charge in [-0.25, -0.2) is 8.42 Å². The van der Waals surface area contributed by atoms with Gasteiger partial charge in [-0.15, -0.1) is 0 Å². The zero-order valence-electron chi connectivity index (χ0n) is 13.4. The van der Waals surface area contributed by atoms with Gasteiger partial charge in [0.15, 0.2) is 0 Å². The largest absolute Gasteiger partial charge is 0.349 e. The first-order chi connectivity index (χ1) is 11.3. The summed E-state index contributed by atoms with van der Waals surface area (Å²) in [5.41, 5.74) is 1.79. The predicted molar refractivity (Wildman–Crippen MR) is 94.5 cm³/mol. The Hall–Kier alpha value is -2.12. The van der Waals surface area contributed by atoms with Crippen LogP contribution in [0.2, 0.25) is 5.02 Å². The molecule has 6 nitrogen and oxygen atoms in total. The van der Waals surface area contributed by atoms with Gasteiger partial charge in [-0.2, -0.15) is 0 Å². The molecule has 2 aromatic rings. The van der Waals surface area contributed by atoms with Crippen molar-refractivity contribution in [1.29, 1.82) is 0 Å². The van der Waals surface area contributed by atoms with Crippen LogP contribution in [0.5, 0.6) is 0 Å². The van der Waals surface area contributed by atoms with Crippen molar-refractivity contribution in [2.24, 2.45) is 0 Å². The molecule has 0 fully saturated rings. The van der Waals surface area contributed by atoms with E-state index in [4.69, 9.17) is 11.6 Å². The zero-order chi connectivity index (χ0) is 17.7. The summed E-state index contributed by atoms with van der Waals surface area (Å²) in [5.74, 6) is -0.426. The Morgan fingerprint density at radius 3 is 2.67 bits per heavy atom. The number of hydrogen-bond acceptors (Lipinski definition) is 4. The summed E-state index contributed by atoms with van der Waals surface area (Å²) in [6, 6.07) is 10.3. The monoisotopic (exact) mass is 367 g/mol. The molecule has 0 aliphatic carbocycles. The molecule has 1 N–H and O–H groups in total. The minimum Gasteiger partial charge on any atom is -0.349 e. The van der Waals surface area contributed by atoms with Crippen molar-refractivity contribution < 1.29 is 13.2 Å². The Bertz CT molecular complexity index is 826. The molecular formula is C16H18ClN3O3S. The van der Waals surface area contributed by atoms with Gasteiger partial charge in [-0.3, -0.25) is 14.1 Å². The van der Waals surface area contributed by atoms with Gasteiger partial charge in [-0.05, 0) is 36.8 Å². The molecule has 0 radical (unpaired) electrons. The number of anilines is 1. The number of carbonyl (C=O) groups is 1. The number of nitrogens with zero attached hydrogens (tertiary/aromatic N) is 2. The van der Waals surface area contributed by atoms with E-state index in [9.17, 15) is 13.2 Å². The van der Waals surface area contributed by atoms with Crippen molar-refractivity contribution in [3.63, 3.8) is 0 Å². The van der Waals surface area contributed by atoms with Crippen LogP contribution in [-0.2, 0) is 21.4 Å². The molecule has 1 amide bonds. The molecular weight excluding hydrogens is 350 g/mol. The molecule has 0 atom stereocenters. The van der Waals surface area contributed by atoms with Gasteiger partial charge in [-0.1, -0.05) is 23.7 Å². The SMILES string of the molecule is Cc1ccc(Cl)cc1N(CC(=O)NCc1ccccn1)S(C)(=O)=O. The third-order valence-corrected chi connectivity index (χ3v) is 4.68. The van der Waals surface area contributed by atoms with E-state index in [1.54, 1.807) is 37.4 Å². The summed E-state index contributed by atoms with van der Waals surface area (Å²) < 4.78 is 25.2. The molecule has 1 heterocycles. The summed E-state index contributed by atoms with van der Waals surface area (Å²) in [7, 11) is -3.64. The maximum absolute atomic E-state index is 12.2. The van der Waals surface area contributed by atoms with E-state index < -0.39 is 15.9 Å². The maximum atomic E-state index is 12.2. The molecule has 2 rings (SSSR count). The van der Waals surface area contributed by atoms with E-state index in [1.165, 1.54) is 6.07 Å². The van der Waals surface area contributed by atoms with Crippen LogP contribution in [-0.4, -0.2) is 32.1 Å². The molecule has 0 aliphatic heterocycles. The lowest BCUT2D eigenvalue weighted by Gasteiger charge is -2.23. The molecule has 0 spiro atoms. The topological polar surface area (TPSA) is 79.4 Å². The van der Waals surface area contributed by atoms with Crippen LogP contribution in [0.3, 0.4) is 0 Å². The van der Waals surface area contributed by atoms with E-state index in [2.05, 4.69) is 10.3 Å². The fourth-order valence-electron chi connectivity index (χ4n) is 2.11. The summed E-state index contributed by atoms with van der Waals surface area (Å²) in [6.45, 7) is 1.66. The van der Waals surface area contributed by atoms with Crippen molar-refractivity contribution in [2.75, 3.05) is 17.1 Å². The number of nitrogens with one attached hydrogen (secondary N) is 1. The van der Waals surface area contributed by atoms with Crippen LogP contribution >= 0.6 is 11.6 Å². The molecule has 8 heteroatoms. The average Bonchev–Trinajstić information content (AvgIpc) is 2.53. The number of aromatic nitrogens is 1. The van der Waals surface area contributed by atoms with Crippen molar-refractivity contribution in [2.45, 2.75) is 13.5 Å². The molecule has 0 aliphatic rings. The number of carbonyl (C=O) groups excluding carboxylic acids is 1. The molecule has 0 saturated heterocycles. The smallest absolute Gasteiger partial charge is 0.241 e. The molecule has 1 aromatic heterocycles. The number of rotatable bonds is 6. The van der Waals surface area contributed by atoms with Gasteiger partial charge in [0.05, 0.1) is 24.2 Å². The highest BCUT2D eigenvalue weighted by Gasteiger charge is 2.22. The second kappa shape index (κ2) is 7.63. The fraction of sp³-hybridized carbons (Fsp3) is 0.250. The summed E-state index contributed by atoms with van der Waals surface area (Å²) in [4.78, 5) is 16.3. The van der Waals surface area contributed by atoms with Gasteiger partial charge in [0.25, 0.3) is 0 Å². The van der Waals surface area contributed by atoms with Crippen LogP contribution in [0.25, 0.3) is 0 Å². The Labute approximate surface area is 146 Å². The number of hydrogen-bond donors (Lipinski definition) is 1. The second-order valence-corrected chi connectivity index (χ2v) is 7.64. The Balaban J connectivity index is 2.15. The quantitative estimate of drug-likeness (QED) is 0.848. The van der Waals surface area contributed by atoms with Gasteiger partial charge in [0.2, 0.25) is 15.9 Å². The summed E-state index contributed by atoms with van der Waals surface area (Å²) in [6.07, 6.45) is 2.68. The van der Waals surface area contributed by atoms with Crippen LogP contribution < -0.4 is 9.62 Å². The van der Waals surface area contributed by atoms with Crippen molar-refractivity contribution in [3.8, 4) is 0 Å². The molecule has 24 heavy (non-hydrogen) atoms. The Morgan fingerprint density at radius 1 is 1.29 bits per heavy atom.